The largest absolute Gasteiger partial charge is 0.488 e. The van der Waals surface area contributed by atoms with Gasteiger partial charge < -0.3 is 15.4 Å². The summed E-state index contributed by atoms with van der Waals surface area (Å²) in [5.74, 6) is 0.972. The number of hydrogen-bond acceptors (Lipinski definition) is 3. The van der Waals surface area contributed by atoms with Gasteiger partial charge in [0.2, 0.25) is 5.91 Å². The van der Waals surface area contributed by atoms with Gasteiger partial charge in [0.25, 0.3) is 0 Å². The van der Waals surface area contributed by atoms with E-state index in [1.165, 1.54) is 0 Å². The molecule has 1 unspecified atom stereocenters. The number of nitrogens with one attached hydrogen (secondary N) is 2. The zero-order valence-corrected chi connectivity index (χ0v) is 11.4. The minimum absolute atomic E-state index is 0.0704. The predicted octanol–water partition coefficient (Wildman–Crippen LogP) is 1.51. The number of amides is 1. The second kappa shape index (κ2) is 5.39. The third-order valence-corrected chi connectivity index (χ3v) is 3.60. The van der Waals surface area contributed by atoms with Crippen molar-refractivity contribution in [3.63, 3.8) is 0 Å². The van der Waals surface area contributed by atoms with E-state index in [0.29, 0.717) is 19.1 Å². The van der Waals surface area contributed by atoms with E-state index in [1.807, 2.05) is 18.2 Å². The van der Waals surface area contributed by atoms with Crippen LogP contribution in [0.1, 0.15) is 18.4 Å². The zero-order chi connectivity index (χ0) is 13.2. The molecule has 1 aliphatic heterocycles. The summed E-state index contributed by atoms with van der Waals surface area (Å²) in [7, 11) is 0. The van der Waals surface area contributed by atoms with Gasteiger partial charge in [-0.05, 0) is 36.6 Å². The molecule has 1 aliphatic carbocycles. The van der Waals surface area contributed by atoms with Crippen molar-refractivity contribution in [2.45, 2.75) is 31.4 Å². The molecule has 2 aliphatic rings. The maximum absolute atomic E-state index is 11.5. The van der Waals surface area contributed by atoms with E-state index in [-0.39, 0.29) is 12.0 Å². The standard InChI is InChI=1S/C14H17ClN2O2/c15-10-1-4-13-9(5-10)6-12(19-13)7-16-8-14(18)17-11-2-3-11/h1,4-5,11-12,16H,2-3,6-8H2,(H,17,18). The monoisotopic (exact) mass is 280 g/mol. The minimum Gasteiger partial charge on any atom is -0.488 e. The number of fused-ring (bicyclic) bond motifs is 1. The number of benzene rings is 1. The van der Waals surface area contributed by atoms with E-state index in [4.69, 9.17) is 16.3 Å². The van der Waals surface area contributed by atoms with E-state index in [2.05, 4.69) is 10.6 Å². The number of carbonyl (C=O) groups is 1. The third kappa shape index (κ3) is 3.39. The van der Waals surface area contributed by atoms with Gasteiger partial charge in [-0.25, -0.2) is 0 Å². The normalized spacial score (nSPS) is 20.8. The molecular formula is C14H17ClN2O2. The van der Waals surface area contributed by atoms with Gasteiger partial charge in [-0.3, -0.25) is 4.79 Å². The highest BCUT2D eigenvalue weighted by Crippen LogP contribution is 2.30. The molecular weight excluding hydrogens is 264 g/mol. The number of halogens is 1. The van der Waals surface area contributed by atoms with Gasteiger partial charge in [0.05, 0.1) is 6.54 Å². The lowest BCUT2D eigenvalue weighted by Crippen LogP contribution is -2.39. The van der Waals surface area contributed by atoms with E-state index in [0.717, 1.165) is 35.6 Å². The fourth-order valence-electron chi connectivity index (χ4n) is 2.26. The van der Waals surface area contributed by atoms with Crippen molar-refractivity contribution in [3.8, 4) is 5.75 Å². The van der Waals surface area contributed by atoms with Gasteiger partial charge in [0.15, 0.2) is 0 Å². The molecule has 102 valence electrons. The molecule has 1 atom stereocenters. The Morgan fingerprint density at radius 2 is 2.26 bits per heavy atom. The van der Waals surface area contributed by atoms with Crippen molar-refractivity contribution in [2.24, 2.45) is 0 Å². The van der Waals surface area contributed by atoms with Crippen LogP contribution in [0.5, 0.6) is 5.75 Å². The van der Waals surface area contributed by atoms with Crippen LogP contribution >= 0.6 is 11.6 Å². The molecule has 4 nitrogen and oxygen atoms in total. The molecule has 5 heteroatoms. The van der Waals surface area contributed by atoms with E-state index in [9.17, 15) is 4.79 Å². The van der Waals surface area contributed by atoms with Gasteiger partial charge in [0, 0.05) is 24.0 Å². The second-order valence-corrected chi connectivity index (χ2v) is 5.61. The van der Waals surface area contributed by atoms with Gasteiger partial charge in [-0.2, -0.15) is 0 Å². The quantitative estimate of drug-likeness (QED) is 0.860. The number of hydrogen-bond donors (Lipinski definition) is 2. The average molecular weight is 281 g/mol. The summed E-state index contributed by atoms with van der Waals surface area (Å²) < 4.78 is 5.78. The summed E-state index contributed by atoms with van der Waals surface area (Å²) in [6.07, 6.45) is 3.16. The molecule has 0 spiro atoms. The lowest BCUT2D eigenvalue weighted by Gasteiger charge is -2.11. The SMILES string of the molecule is O=C(CNCC1Cc2cc(Cl)ccc2O1)NC1CC1. The van der Waals surface area contributed by atoms with Crippen molar-refractivity contribution >= 4 is 17.5 Å². The predicted molar refractivity (Wildman–Crippen MR) is 73.6 cm³/mol. The molecule has 0 bridgehead atoms. The topological polar surface area (TPSA) is 50.4 Å². The van der Waals surface area contributed by atoms with Crippen LogP contribution < -0.4 is 15.4 Å². The molecule has 3 rings (SSSR count). The number of ether oxygens (including phenoxy) is 1. The molecule has 0 aromatic heterocycles. The van der Waals surface area contributed by atoms with Crippen LogP contribution in [0.3, 0.4) is 0 Å². The van der Waals surface area contributed by atoms with Crippen LogP contribution in [0.25, 0.3) is 0 Å². The summed E-state index contributed by atoms with van der Waals surface area (Å²) in [4.78, 5) is 11.5. The molecule has 0 saturated heterocycles. The Balaban J connectivity index is 1.41. The maximum atomic E-state index is 11.5. The summed E-state index contributed by atoms with van der Waals surface area (Å²) in [5, 5.41) is 6.82. The van der Waals surface area contributed by atoms with Crippen molar-refractivity contribution < 1.29 is 9.53 Å². The van der Waals surface area contributed by atoms with E-state index in [1.54, 1.807) is 0 Å². The summed E-state index contributed by atoms with van der Waals surface area (Å²) in [6.45, 7) is 1.03. The Morgan fingerprint density at radius 3 is 3.05 bits per heavy atom. The smallest absolute Gasteiger partial charge is 0.234 e. The molecule has 1 aromatic rings. The second-order valence-electron chi connectivity index (χ2n) is 5.17. The average Bonchev–Trinajstić information content (AvgIpc) is 3.07. The highest BCUT2D eigenvalue weighted by Gasteiger charge is 2.24. The summed E-state index contributed by atoms with van der Waals surface area (Å²) in [5.41, 5.74) is 1.14. The lowest BCUT2D eigenvalue weighted by atomic mass is 10.1. The highest BCUT2D eigenvalue weighted by atomic mass is 35.5. The zero-order valence-electron chi connectivity index (χ0n) is 10.6. The Kier molecular flexibility index (Phi) is 3.62. The van der Waals surface area contributed by atoms with Crippen molar-refractivity contribution in [1.29, 1.82) is 0 Å². The Morgan fingerprint density at radius 1 is 1.42 bits per heavy atom. The van der Waals surface area contributed by atoms with Gasteiger partial charge >= 0.3 is 0 Å². The maximum Gasteiger partial charge on any atom is 0.234 e. The molecule has 0 radical (unpaired) electrons. The van der Waals surface area contributed by atoms with Crippen LogP contribution in [0.15, 0.2) is 18.2 Å². The first-order chi connectivity index (χ1) is 9.20. The van der Waals surface area contributed by atoms with Crippen molar-refractivity contribution in [1.82, 2.24) is 10.6 Å². The lowest BCUT2D eigenvalue weighted by molar-refractivity contribution is -0.120. The van der Waals surface area contributed by atoms with E-state index < -0.39 is 0 Å². The Labute approximate surface area is 117 Å². The minimum atomic E-state index is 0.0704. The fourth-order valence-corrected chi connectivity index (χ4v) is 2.45. The van der Waals surface area contributed by atoms with Crippen molar-refractivity contribution in [2.75, 3.05) is 13.1 Å². The first kappa shape index (κ1) is 12.8. The molecule has 1 amide bonds. The fraction of sp³-hybridized carbons (Fsp3) is 0.500. The van der Waals surface area contributed by atoms with Gasteiger partial charge in [-0.15, -0.1) is 0 Å². The number of carbonyl (C=O) groups excluding carboxylic acids is 1. The van der Waals surface area contributed by atoms with E-state index >= 15 is 0 Å². The summed E-state index contributed by atoms with van der Waals surface area (Å²) >= 11 is 5.95. The third-order valence-electron chi connectivity index (χ3n) is 3.36. The highest BCUT2D eigenvalue weighted by molar-refractivity contribution is 6.30. The van der Waals surface area contributed by atoms with Crippen LogP contribution in [0.2, 0.25) is 5.02 Å². The summed E-state index contributed by atoms with van der Waals surface area (Å²) in [6, 6.07) is 6.09. The number of rotatable bonds is 5. The first-order valence-electron chi connectivity index (χ1n) is 6.66. The van der Waals surface area contributed by atoms with Crippen molar-refractivity contribution in [3.05, 3.63) is 28.8 Å². The molecule has 1 heterocycles. The van der Waals surface area contributed by atoms with Gasteiger partial charge in [-0.1, -0.05) is 11.6 Å². The Hall–Kier alpha value is -1.26. The van der Waals surface area contributed by atoms with Crippen LogP contribution in [-0.2, 0) is 11.2 Å². The molecule has 2 N–H and O–H groups in total. The molecule has 19 heavy (non-hydrogen) atoms. The molecule has 1 fully saturated rings. The van der Waals surface area contributed by atoms with Crippen LogP contribution in [0, 0.1) is 0 Å². The molecule has 1 saturated carbocycles. The Bertz CT molecular complexity index is 488. The first-order valence-corrected chi connectivity index (χ1v) is 7.03. The van der Waals surface area contributed by atoms with Gasteiger partial charge in [0.1, 0.15) is 11.9 Å². The van der Waals surface area contributed by atoms with Crippen LogP contribution in [-0.4, -0.2) is 31.1 Å². The molecule has 1 aromatic carbocycles. The van der Waals surface area contributed by atoms with Crippen LogP contribution in [0.4, 0.5) is 0 Å².